The van der Waals surface area contributed by atoms with Crippen LogP contribution in [0.15, 0.2) is 54.6 Å². The zero-order valence-corrected chi connectivity index (χ0v) is 15.1. The summed E-state index contributed by atoms with van der Waals surface area (Å²) in [6, 6.07) is 9.04. The fourth-order valence-electron chi connectivity index (χ4n) is 4.94. The van der Waals surface area contributed by atoms with Gasteiger partial charge in [-0.3, -0.25) is 0 Å². The van der Waals surface area contributed by atoms with E-state index in [4.69, 9.17) is 9.47 Å². The number of fused-ring (bicyclic) bond motifs is 2. The van der Waals surface area contributed by atoms with Gasteiger partial charge in [-0.05, 0) is 54.7 Å². The molecule has 4 heteroatoms. The van der Waals surface area contributed by atoms with Gasteiger partial charge in [0.2, 0.25) is 0 Å². The summed E-state index contributed by atoms with van der Waals surface area (Å²) in [5.74, 6) is -0.309. The van der Waals surface area contributed by atoms with Crippen molar-refractivity contribution < 1.29 is 19.1 Å². The Labute approximate surface area is 153 Å². The second kappa shape index (κ2) is 6.11. The molecule has 0 amide bonds. The Hall–Kier alpha value is -2.36. The van der Waals surface area contributed by atoms with Gasteiger partial charge >= 0.3 is 11.9 Å². The molecule has 3 aliphatic rings. The van der Waals surface area contributed by atoms with E-state index in [2.05, 4.69) is 20.1 Å². The summed E-state index contributed by atoms with van der Waals surface area (Å²) in [6.45, 7) is 10.5. The molecule has 1 heterocycles. The van der Waals surface area contributed by atoms with Gasteiger partial charge in [-0.15, -0.1) is 0 Å². The summed E-state index contributed by atoms with van der Waals surface area (Å²) in [6.07, 6.45) is 2.97. The van der Waals surface area contributed by atoms with Gasteiger partial charge in [-0.1, -0.05) is 38.3 Å². The zero-order chi connectivity index (χ0) is 18.5. The molecule has 1 saturated heterocycles. The van der Waals surface area contributed by atoms with Crippen molar-refractivity contribution in [2.24, 2.45) is 17.3 Å². The zero-order valence-electron chi connectivity index (χ0n) is 15.1. The monoisotopic (exact) mass is 352 g/mol. The average molecular weight is 352 g/mol. The molecule has 136 valence electrons. The lowest BCUT2D eigenvalue weighted by atomic mass is 9.55. The van der Waals surface area contributed by atoms with Crippen molar-refractivity contribution in [3.63, 3.8) is 0 Å². The number of rotatable bonds is 2. The van der Waals surface area contributed by atoms with Crippen molar-refractivity contribution in [3.05, 3.63) is 60.2 Å². The minimum absolute atomic E-state index is 0.0266. The topological polar surface area (TPSA) is 52.6 Å². The first kappa shape index (κ1) is 17.1. The highest BCUT2D eigenvalue weighted by atomic mass is 16.6. The van der Waals surface area contributed by atoms with E-state index in [9.17, 15) is 9.59 Å². The Morgan fingerprint density at radius 1 is 1.27 bits per heavy atom. The number of hydrogen-bond donors (Lipinski definition) is 0. The Bertz CT molecular complexity index is 781. The van der Waals surface area contributed by atoms with Crippen molar-refractivity contribution in [1.82, 2.24) is 0 Å². The summed E-state index contributed by atoms with van der Waals surface area (Å²) >= 11 is 0. The number of carbonyl (C=O) groups is 2. The molecule has 0 bridgehead atoms. The van der Waals surface area contributed by atoms with E-state index in [1.165, 1.54) is 0 Å². The molecule has 26 heavy (non-hydrogen) atoms. The summed E-state index contributed by atoms with van der Waals surface area (Å²) in [4.78, 5) is 24.3. The molecule has 5 atom stereocenters. The van der Waals surface area contributed by atoms with Gasteiger partial charge in [0.25, 0.3) is 0 Å². The molecule has 1 aliphatic heterocycles. The van der Waals surface area contributed by atoms with E-state index < -0.39 is 0 Å². The van der Waals surface area contributed by atoms with Gasteiger partial charge in [0.15, 0.2) is 0 Å². The molecule has 0 N–H and O–H groups in total. The predicted octanol–water partition coefficient (Wildman–Crippen LogP) is 4.08. The van der Waals surface area contributed by atoms with Crippen LogP contribution in [-0.4, -0.2) is 24.1 Å². The third-order valence-electron chi connectivity index (χ3n) is 6.51. The summed E-state index contributed by atoms with van der Waals surface area (Å²) < 4.78 is 11.3. The van der Waals surface area contributed by atoms with Gasteiger partial charge in [-0.25, -0.2) is 9.59 Å². The molecule has 0 radical (unpaired) electrons. The Balaban J connectivity index is 1.51. The van der Waals surface area contributed by atoms with Crippen LogP contribution in [0.4, 0.5) is 0 Å². The quantitative estimate of drug-likeness (QED) is 0.457. The van der Waals surface area contributed by atoms with Crippen LogP contribution in [0.5, 0.6) is 0 Å². The van der Waals surface area contributed by atoms with Crippen LogP contribution >= 0.6 is 0 Å². The third-order valence-corrected chi connectivity index (χ3v) is 6.51. The van der Waals surface area contributed by atoms with Crippen molar-refractivity contribution in [2.75, 3.05) is 0 Å². The second-order valence-electron chi connectivity index (χ2n) is 8.10. The summed E-state index contributed by atoms with van der Waals surface area (Å²) in [5, 5.41) is 0. The molecule has 2 aliphatic carbocycles. The maximum Gasteiger partial charge on any atom is 0.338 e. The predicted molar refractivity (Wildman–Crippen MR) is 97.4 cm³/mol. The van der Waals surface area contributed by atoms with Gasteiger partial charge in [0, 0.05) is 11.5 Å². The van der Waals surface area contributed by atoms with Crippen LogP contribution in [0.25, 0.3) is 0 Å². The summed E-state index contributed by atoms with van der Waals surface area (Å²) in [5.41, 5.74) is 2.13. The first-order chi connectivity index (χ1) is 12.4. The Kier molecular flexibility index (Phi) is 4.02. The minimum Gasteiger partial charge on any atom is -0.458 e. The van der Waals surface area contributed by atoms with Gasteiger partial charge < -0.3 is 9.47 Å². The van der Waals surface area contributed by atoms with Crippen LogP contribution in [0.1, 0.15) is 43.0 Å². The van der Waals surface area contributed by atoms with Crippen LogP contribution in [0.2, 0.25) is 0 Å². The van der Waals surface area contributed by atoms with E-state index in [0.29, 0.717) is 11.1 Å². The van der Waals surface area contributed by atoms with E-state index in [1.807, 2.05) is 18.2 Å². The largest absolute Gasteiger partial charge is 0.458 e. The van der Waals surface area contributed by atoms with Gasteiger partial charge in [0.05, 0.1) is 5.56 Å². The number of ether oxygens (including phenoxy) is 2. The van der Waals surface area contributed by atoms with E-state index in [0.717, 1.165) is 31.3 Å². The molecule has 4 rings (SSSR count). The highest BCUT2D eigenvalue weighted by Crippen LogP contribution is 2.57. The molecule has 4 nitrogen and oxygen atoms in total. The van der Waals surface area contributed by atoms with Crippen molar-refractivity contribution in [3.8, 4) is 0 Å². The molecule has 0 aromatic heterocycles. The third kappa shape index (κ3) is 2.68. The van der Waals surface area contributed by atoms with Gasteiger partial charge in [0.1, 0.15) is 12.2 Å². The summed E-state index contributed by atoms with van der Waals surface area (Å²) in [7, 11) is 0. The number of benzene rings is 1. The second-order valence-corrected chi connectivity index (χ2v) is 8.10. The van der Waals surface area contributed by atoms with Gasteiger partial charge in [-0.2, -0.15) is 0 Å². The lowest BCUT2D eigenvalue weighted by molar-refractivity contribution is -0.142. The van der Waals surface area contributed by atoms with E-state index >= 15 is 0 Å². The van der Waals surface area contributed by atoms with Crippen molar-refractivity contribution in [2.45, 2.75) is 44.8 Å². The Morgan fingerprint density at radius 2 is 2.00 bits per heavy atom. The van der Waals surface area contributed by atoms with Crippen LogP contribution in [0, 0.1) is 17.3 Å². The number of hydrogen-bond acceptors (Lipinski definition) is 4. The van der Waals surface area contributed by atoms with Crippen molar-refractivity contribution >= 4 is 11.9 Å². The van der Waals surface area contributed by atoms with E-state index in [1.54, 1.807) is 12.1 Å². The lowest BCUT2D eigenvalue weighted by Crippen LogP contribution is -2.47. The highest BCUT2D eigenvalue weighted by Gasteiger charge is 2.54. The molecule has 2 saturated carbocycles. The van der Waals surface area contributed by atoms with Crippen LogP contribution < -0.4 is 0 Å². The van der Waals surface area contributed by atoms with E-state index in [-0.39, 0.29) is 41.4 Å². The smallest absolute Gasteiger partial charge is 0.338 e. The fourth-order valence-corrected chi connectivity index (χ4v) is 4.94. The standard InChI is InChI=1S/C22H24O4/c1-13-16-11-17-14(2)18(25-21(24)15-7-5-4-6-8-15)9-10-22(17,3)12-19(16)26-20(13)23/h4-8,16-19H,1-2,9-12H2,3H3/t16-,17+,18-,19-,22-/m1/s1. The molecule has 0 unspecified atom stereocenters. The van der Waals surface area contributed by atoms with Crippen LogP contribution in [0.3, 0.4) is 0 Å². The molecular weight excluding hydrogens is 328 g/mol. The molecular formula is C22H24O4. The molecule has 0 spiro atoms. The molecule has 1 aromatic carbocycles. The molecule has 3 fully saturated rings. The maximum absolute atomic E-state index is 12.4. The Morgan fingerprint density at radius 3 is 2.73 bits per heavy atom. The average Bonchev–Trinajstić information content (AvgIpc) is 2.90. The SMILES string of the molecule is C=C1C(=O)O[C@@H]2C[C@@]3(C)CC[C@@H](OC(=O)c4ccccc4)C(=C)[C@@H]3C[C@H]12. The number of esters is 2. The normalized spacial score (nSPS) is 36.1. The first-order valence-electron chi connectivity index (χ1n) is 9.23. The first-order valence-corrected chi connectivity index (χ1v) is 9.23. The fraction of sp³-hybridized carbons (Fsp3) is 0.455. The maximum atomic E-state index is 12.4. The van der Waals surface area contributed by atoms with Crippen LogP contribution in [-0.2, 0) is 14.3 Å². The lowest BCUT2D eigenvalue weighted by Gasteiger charge is -2.51. The minimum atomic E-state index is -0.308. The number of carbonyl (C=O) groups excluding carboxylic acids is 2. The highest BCUT2D eigenvalue weighted by molar-refractivity contribution is 5.91. The molecule has 1 aromatic rings. The van der Waals surface area contributed by atoms with Crippen molar-refractivity contribution in [1.29, 1.82) is 0 Å².